The average molecular weight is 283 g/mol. The maximum Gasteiger partial charge on any atom is 0.266 e. The van der Waals surface area contributed by atoms with Crippen molar-refractivity contribution in [1.29, 1.82) is 0 Å². The van der Waals surface area contributed by atoms with Gasteiger partial charge >= 0.3 is 0 Å². The van der Waals surface area contributed by atoms with Crippen LogP contribution in [-0.4, -0.2) is 12.1 Å². The number of methoxy groups -OCH3 is 1. The number of nitrogens with one attached hydrogen (secondary N) is 1. The summed E-state index contributed by atoms with van der Waals surface area (Å²) in [6.07, 6.45) is 1.62. The van der Waals surface area contributed by atoms with E-state index in [0.717, 1.165) is 17.0 Å². The predicted molar refractivity (Wildman–Crippen MR) is 81.3 cm³/mol. The number of aromatic amines is 1. The second-order valence-corrected chi connectivity index (χ2v) is 4.75. The molecule has 0 saturated heterocycles. The summed E-state index contributed by atoms with van der Waals surface area (Å²) in [7, 11) is 1.69. The summed E-state index contributed by atoms with van der Waals surface area (Å²) in [6.45, 7) is 0. The number of H-pyrrole nitrogens is 1. The Morgan fingerprint density at radius 1 is 1.00 bits per heavy atom. The van der Waals surface area contributed by atoms with E-state index in [4.69, 9.17) is 21.4 Å². The quantitative estimate of drug-likeness (QED) is 0.543. The number of hydrogen-bond donors (Lipinski definition) is 1. The van der Waals surface area contributed by atoms with Gasteiger partial charge in [0.15, 0.2) is 0 Å². The normalized spacial score (nSPS) is 10.4. The molecular formula is C16H13NO2S. The monoisotopic (exact) mass is 283 g/mol. The second-order valence-electron chi connectivity index (χ2n) is 4.38. The average Bonchev–Trinajstić information content (AvgIpc) is 2.90. The molecule has 0 atom stereocenters. The lowest BCUT2D eigenvalue weighted by atomic mass is 10.2. The highest BCUT2D eigenvalue weighted by Crippen LogP contribution is 2.39. The maximum atomic E-state index is 4.98. The Kier molecular flexibility index (Phi) is 3.39. The van der Waals surface area contributed by atoms with Gasteiger partial charge in [0, 0.05) is 5.56 Å². The molecule has 2 aromatic rings. The number of aromatic nitrogens is 1. The van der Waals surface area contributed by atoms with E-state index in [2.05, 4.69) is 11.1 Å². The van der Waals surface area contributed by atoms with E-state index >= 15 is 0 Å². The van der Waals surface area contributed by atoms with Gasteiger partial charge < -0.3 is 14.1 Å². The molecule has 2 aliphatic rings. The Labute approximate surface area is 121 Å². The van der Waals surface area contributed by atoms with Gasteiger partial charge in [-0.1, -0.05) is 30.3 Å². The second kappa shape index (κ2) is 5.35. The highest BCUT2D eigenvalue weighted by atomic mass is 32.1. The van der Waals surface area contributed by atoms with E-state index in [1.807, 2.05) is 42.5 Å². The number of ether oxygens (including phenoxy) is 1. The Morgan fingerprint density at radius 3 is 2.20 bits per heavy atom. The smallest absolute Gasteiger partial charge is 0.266 e. The van der Waals surface area contributed by atoms with Crippen molar-refractivity contribution in [2.75, 3.05) is 7.11 Å². The van der Waals surface area contributed by atoms with Crippen molar-refractivity contribution in [3.8, 4) is 28.1 Å². The fraction of sp³-hybridized carbons (Fsp3) is 0.0625. The molecule has 4 rings (SSSR count). The molecule has 0 unspecified atom stereocenters. The number of fused-ring (bicyclic) bond motifs is 1. The van der Waals surface area contributed by atoms with Gasteiger partial charge in [-0.15, -0.1) is 0 Å². The van der Waals surface area contributed by atoms with Crippen LogP contribution in [0.15, 0.2) is 59.2 Å². The van der Waals surface area contributed by atoms with Crippen molar-refractivity contribution in [3.05, 3.63) is 59.6 Å². The van der Waals surface area contributed by atoms with Crippen LogP contribution in [0.1, 0.15) is 0 Å². The molecule has 4 heteroatoms. The Hall–Kier alpha value is -2.33. The summed E-state index contributed by atoms with van der Waals surface area (Å²) < 4.78 is 9.93. The largest absolute Gasteiger partial charge is 0.497 e. The third kappa shape index (κ3) is 2.81. The van der Waals surface area contributed by atoms with Crippen molar-refractivity contribution in [3.63, 3.8) is 0 Å². The molecule has 0 amide bonds. The van der Waals surface area contributed by atoms with Crippen molar-refractivity contribution in [1.82, 2.24) is 4.98 Å². The SMILES string of the molecule is COc1cc2cc-2c1.S=c1[nH]c(-c2ccccc2)co1. The Bertz CT molecular complexity index is 754. The minimum atomic E-state index is 0.411. The summed E-state index contributed by atoms with van der Waals surface area (Å²) in [6, 6.07) is 16.1. The van der Waals surface area contributed by atoms with Gasteiger partial charge in [-0.05, 0) is 41.5 Å². The van der Waals surface area contributed by atoms with Gasteiger partial charge in [0.2, 0.25) is 0 Å². The topological polar surface area (TPSA) is 38.2 Å². The zero-order valence-electron chi connectivity index (χ0n) is 10.9. The summed E-state index contributed by atoms with van der Waals surface area (Å²) in [4.78, 5) is 3.35. The van der Waals surface area contributed by atoms with Crippen molar-refractivity contribution in [2.45, 2.75) is 0 Å². The molecule has 0 radical (unpaired) electrons. The zero-order chi connectivity index (χ0) is 13.9. The first-order valence-electron chi connectivity index (χ1n) is 6.19. The molecule has 0 aliphatic heterocycles. The first kappa shape index (κ1) is 12.7. The number of hydrogen-bond acceptors (Lipinski definition) is 3. The predicted octanol–water partition coefficient (Wildman–Crippen LogP) is 4.68. The third-order valence-corrected chi connectivity index (χ3v) is 3.20. The first-order valence-corrected chi connectivity index (χ1v) is 6.60. The molecule has 1 aromatic heterocycles. The van der Waals surface area contributed by atoms with Gasteiger partial charge in [-0.2, -0.15) is 0 Å². The molecule has 1 aromatic carbocycles. The number of benzene rings is 2. The fourth-order valence-corrected chi connectivity index (χ4v) is 2.04. The fourth-order valence-electron chi connectivity index (χ4n) is 1.89. The molecule has 0 saturated carbocycles. The van der Waals surface area contributed by atoms with Crippen LogP contribution in [0.5, 0.6) is 5.75 Å². The van der Waals surface area contributed by atoms with Gasteiger partial charge in [0.25, 0.3) is 4.84 Å². The molecule has 2 aliphatic carbocycles. The van der Waals surface area contributed by atoms with Crippen LogP contribution in [0, 0.1) is 4.84 Å². The van der Waals surface area contributed by atoms with Crippen molar-refractivity contribution in [2.24, 2.45) is 0 Å². The molecular weight excluding hydrogens is 270 g/mol. The minimum Gasteiger partial charge on any atom is -0.497 e. The summed E-state index contributed by atoms with van der Waals surface area (Å²) in [5.74, 6) is 0.984. The van der Waals surface area contributed by atoms with Crippen LogP contribution in [0.3, 0.4) is 0 Å². The summed E-state index contributed by atoms with van der Waals surface area (Å²) in [5, 5.41) is 0. The van der Waals surface area contributed by atoms with E-state index in [9.17, 15) is 0 Å². The van der Waals surface area contributed by atoms with Crippen LogP contribution in [-0.2, 0) is 0 Å². The summed E-state index contributed by atoms with van der Waals surface area (Å²) in [5.41, 5.74) is 4.67. The Morgan fingerprint density at radius 2 is 1.70 bits per heavy atom. The van der Waals surface area contributed by atoms with Crippen LogP contribution in [0.2, 0.25) is 0 Å². The van der Waals surface area contributed by atoms with Crippen LogP contribution < -0.4 is 4.74 Å². The lowest BCUT2D eigenvalue weighted by molar-refractivity contribution is 0.416. The first-order chi connectivity index (χ1) is 9.76. The molecule has 3 nitrogen and oxygen atoms in total. The molecule has 20 heavy (non-hydrogen) atoms. The molecule has 1 N–H and O–H groups in total. The highest BCUT2D eigenvalue weighted by Gasteiger charge is 2.13. The van der Waals surface area contributed by atoms with Crippen molar-refractivity contribution < 1.29 is 9.15 Å². The minimum absolute atomic E-state index is 0.411. The van der Waals surface area contributed by atoms with Crippen LogP contribution in [0.4, 0.5) is 0 Å². The molecule has 0 fully saturated rings. The number of rotatable bonds is 2. The van der Waals surface area contributed by atoms with E-state index in [-0.39, 0.29) is 0 Å². The van der Waals surface area contributed by atoms with E-state index in [1.165, 1.54) is 11.1 Å². The van der Waals surface area contributed by atoms with E-state index in [1.54, 1.807) is 13.4 Å². The lowest BCUT2D eigenvalue weighted by Crippen LogP contribution is -1.75. The third-order valence-electron chi connectivity index (χ3n) is 3.00. The zero-order valence-corrected chi connectivity index (χ0v) is 11.7. The lowest BCUT2D eigenvalue weighted by Gasteiger charge is -1.92. The van der Waals surface area contributed by atoms with Crippen LogP contribution >= 0.6 is 12.2 Å². The van der Waals surface area contributed by atoms with E-state index in [0.29, 0.717) is 4.84 Å². The number of oxazole rings is 1. The highest BCUT2D eigenvalue weighted by molar-refractivity contribution is 7.71. The van der Waals surface area contributed by atoms with Crippen LogP contribution in [0.25, 0.3) is 22.4 Å². The Balaban J connectivity index is 0.000000131. The summed E-state index contributed by atoms with van der Waals surface area (Å²) >= 11 is 4.81. The molecule has 0 spiro atoms. The molecule has 0 bridgehead atoms. The van der Waals surface area contributed by atoms with Gasteiger partial charge in [-0.25, -0.2) is 0 Å². The molecule has 100 valence electrons. The van der Waals surface area contributed by atoms with Gasteiger partial charge in [-0.3, -0.25) is 0 Å². The standard InChI is InChI=1S/C9H7NOS.C7H6O/c12-9-10-8(6-11-9)7-4-2-1-3-5-7;1-8-7-3-5-2-6(5)4-7/h1-6H,(H,10,12);2-4H,1H3. The van der Waals surface area contributed by atoms with E-state index < -0.39 is 0 Å². The van der Waals surface area contributed by atoms with Crippen molar-refractivity contribution >= 4 is 12.2 Å². The van der Waals surface area contributed by atoms with Gasteiger partial charge in [0.05, 0.1) is 12.8 Å². The molecule has 1 heterocycles. The maximum absolute atomic E-state index is 4.98. The van der Waals surface area contributed by atoms with Gasteiger partial charge in [0.1, 0.15) is 12.0 Å².